The number of rotatable bonds is 3. The lowest BCUT2D eigenvalue weighted by Crippen LogP contribution is -2.43. The number of hydrogen-bond acceptors (Lipinski definition) is 4. The standard InChI is InChI=1S/C10H15N3O/c11-10(4-1-5-10)9-12-8(13-14-9)6-7-2-3-7/h7H,1-6,11H2. The van der Waals surface area contributed by atoms with Crippen LogP contribution < -0.4 is 5.73 Å². The molecule has 0 aliphatic heterocycles. The first-order valence-electron chi connectivity index (χ1n) is 5.38. The summed E-state index contributed by atoms with van der Waals surface area (Å²) in [6, 6.07) is 0. The molecule has 4 nitrogen and oxygen atoms in total. The molecule has 1 aromatic heterocycles. The average Bonchev–Trinajstić information content (AvgIpc) is 2.78. The third-order valence-corrected chi connectivity index (χ3v) is 3.31. The molecule has 0 bridgehead atoms. The maximum absolute atomic E-state index is 6.09. The van der Waals surface area contributed by atoms with Gasteiger partial charge in [-0.3, -0.25) is 0 Å². The molecule has 2 N–H and O–H groups in total. The van der Waals surface area contributed by atoms with Crippen LogP contribution in [0.3, 0.4) is 0 Å². The molecule has 14 heavy (non-hydrogen) atoms. The fraction of sp³-hybridized carbons (Fsp3) is 0.800. The van der Waals surface area contributed by atoms with Crippen LogP contribution in [0.25, 0.3) is 0 Å². The highest BCUT2D eigenvalue weighted by molar-refractivity contribution is 5.07. The van der Waals surface area contributed by atoms with Crippen molar-refractivity contribution in [3.63, 3.8) is 0 Å². The van der Waals surface area contributed by atoms with Gasteiger partial charge in [0, 0.05) is 6.42 Å². The van der Waals surface area contributed by atoms with Crippen LogP contribution in [0.15, 0.2) is 4.52 Å². The summed E-state index contributed by atoms with van der Waals surface area (Å²) in [7, 11) is 0. The molecule has 4 heteroatoms. The third kappa shape index (κ3) is 1.34. The van der Waals surface area contributed by atoms with E-state index in [1.165, 1.54) is 19.3 Å². The van der Waals surface area contributed by atoms with Gasteiger partial charge in [-0.25, -0.2) is 0 Å². The lowest BCUT2D eigenvalue weighted by atomic mass is 9.78. The summed E-state index contributed by atoms with van der Waals surface area (Å²) in [5.41, 5.74) is 5.79. The minimum atomic E-state index is -0.297. The van der Waals surface area contributed by atoms with Crippen molar-refractivity contribution < 1.29 is 4.52 Å². The summed E-state index contributed by atoms with van der Waals surface area (Å²) in [6.45, 7) is 0. The van der Waals surface area contributed by atoms with Gasteiger partial charge in [0.15, 0.2) is 5.82 Å². The summed E-state index contributed by atoms with van der Waals surface area (Å²) in [5.74, 6) is 2.30. The first-order chi connectivity index (χ1) is 6.76. The topological polar surface area (TPSA) is 64.9 Å². The van der Waals surface area contributed by atoms with Gasteiger partial charge in [-0.1, -0.05) is 5.16 Å². The highest BCUT2D eigenvalue weighted by Gasteiger charge is 2.40. The summed E-state index contributed by atoms with van der Waals surface area (Å²) in [4.78, 5) is 4.38. The molecule has 0 spiro atoms. The van der Waals surface area contributed by atoms with Crippen LogP contribution in [-0.4, -0.2) is 10.1 Å². The Labute approximate surface area is 82.9 Å². The van der Waals surface area contributed by atoms with Gasteiger partial charge in [-0.05, 0) is 38.0 Å². The Balaban J connectivity index is 1.75. The van der Waals surface area contributed by atoms with E-state index in [1.54, 1.807) is 0 Å². The van der Waals surface area contributed by atoms with Gasteiger partial charge in [0.05, 0.1) is 5.54 Å². The zero-order valence-corrected chi connectivity index (χ0v) is 8.20. The molecule has 0 unspecified atom stereocenters. The summed E-state index contributed by atoms with van der Waals surface area (Å²) < 4.78 is 5.21. The molecule has 1 heterocycles. The zero-order chi connectivity index (χ0) is 9.60. The van der Waals surface area contributed by atoms with Crippen LogP contribution in [0.1, 0.15) is 43.8 Å². The molecular weight excluding hydrogens is 178 g/mol. The van der Waals surface area contributed by atoms with E-state index in [9.17, 15) is 0 Å². The molecular formula is C10H15N3O. The van der Waals surface area contributed by atoms with Crippen LogP contribution in [0.5, 0.6) is 0 Å². The van der Waals surface area contributed by atoms with E-state index in [-0.39, 0.29) is 5.54 Å². The predicted octanol–water partition coefficient (Wildman–Crippen LogP) is 1.36. The van der Waals surface area contributed by atoms with E-state index in [0.29, 0.717) is 5.89 Å². The lowest BCUT2D eigenvalue weighted by Gasteiger charge is -2.33. The zero-order valence-electron chi connectivity index (χ0n) is 8.20. The van der Waals surface area contributed by atoms with Gasteiger partial charge in [0.25, 0.3) is 0 Å². The monoisotopic (exact) mass is 193 g/mol. The molecule has 3 rings (SSSR count). The second-order valence-corrected chi connectivity index (χ2v) is 4.67. The van der Waals surface area contributed by atoms with Crippen molar-refractivity contribution >= 4 is 0 Å². The maximum atomic E-state index is 6.09. The first-order valence-corrected chi connectivity index (χ1v) is 5.38. The van der Waals surface area contributed by atoms with Gasteiger partial charge in [0.2, 0.25) is 5.89 Å². The largest absolute Gasteiger partial charge is 0.337 e. The van der Waals surface area contributed by atoms with Gasteiger partial charge < -0.3 is 10.3 Å². The number of hydrogen-bond donors (Lipinski definition) is 1. The highest BCUT2D eigenvalue weighted by atomic mass is 16.5. The molecule has 76 valence electrons. The SMILES string of the molecule is NC1(c2nc(CC3CC3)no2)CCC1. The van der Waals surface area contributed by atoms with Crippen molar-refractivity contribution in [1.29, 1.82) is 0 Å². The molecule has 1 aromatic rings. The minimum absolute atomic E-state index is 0.297. The Bertz CT molecular complexity index is 339. The Kier molecular flexibility index (Phi) is 1.68. The normalized spacial score (nSPS) is 24.6. The summed E-state index contributed by atoms with van der Waals surface area (Å²) in [6.07, 6.45) is 6.75. The summed E-state index contributed by atoms with van der Waals surface area (Å²) >= 11 is 0. The fourth-order valence-electron chi connectivity index (χ4n) is 1.89. The number of nitrogens with two attached hydrogens (primary N) is 1. The van der Waals surface area contributed by atoms with Crippen molar-refractivity contribution in [2.45, 2.75) is 44.1 Å². The summed E-state index contributed by atoms with van der Waals surface area (Å²) in [5, 5.41) is 3.98. The Morgan fingerprint density at radius 1 is 1.43 bits per heavy atom. The van der Waals surface area contributed by atoms with Crippen LogP contribution in [0.2, 0.25) is 0 Å². The molecule has 0 amide bonds. The van der Waals surface area contributed by atoms with E-state index < -0.39 is 0 Å². The average molecular weight is 193 g/mol. The van der Waals surface area contributed by atoms with E-state index >= 15 is 0 Å². The first kappa shape index (κ1) is 8.41. The Morgan fingerprint density at radius 3 is 2.79 bits per heavy atom. The van der Waals surface area contributed by atoms with E-state index in [1.807, 2.05) is 0 Å². The van der Waals surface area contributed by atoms with Crippen LogP contribution in [0.4, 0.5) is 0 Å². The third-order valence-electron chi connectivity index (χ3n) is 3.31. The molecule has 2 fully saturated rings. The quantitative estimate of drug-likeness (QED) is 0.787. The molecule has 2 saturated carbocycles. The smallest absolute Gasteiger partial charge is 0.246 e. The van der Waals surface area contributed by atoms with E-state index in [4.69, 9.17) is 10.3 Å². The number of aromatic nitrogens is 2. The Hall–Kier alpha value is -0.900. The van der Waals surface area contributed by atoms with Crippen molar-refractivity contribution in [3.05, 3.63) is 11.7 Å². The minimum Gasteiger partial charge on any atom is -0.337 e. The van der Waals surface area contributed by atoms with E-state index in [2.05, 4.69) is 10.1 Å². The van der Waals surface area contributed by atoms with E-state index in [0.717, 1.165) is 31.0 Å². The van der Waals surface area contributed by atoms with Crippen LogP contribution in [0, 0.1) is 5.92 Å². The second kappa shape index (κ2) is 2.79. The van der Waals surface area contributed by atoms with Crippen LogP contribution in [-0.2, 0) is 12.0 Å². The Morgan fingerprint density at radius 2 is 2.21 bits per heavy atom. The molecule has 0 aromatic carbocycles. The van der Waals surface area contributed by atoms with Crippen molar-refractivity contribution in [2.24, 2.45) is 11.7 Å². The van der Waals surface area contributed by atoms with Gasteiger partial charge in [-0.15, -0.1) is 0 Å². The second-order valence-electron chi connectivity index (χ2n) is 4.67. The van der Waals surface area contributed by atoms with Gasteiger partial charge in [0.1, 0.15) is 0 Å². The predicted molar refractivity (Wildman–Crippen MR) is 50.4 cm³/mol. The molecule has 0 atom stereocenters. The maximum Gasteiger partial charge on any atom is 0.246 e. The molecule has 2 aliphatic rings. The van der Waals surface area contributed by atoms with Gasteiger partial charge >= 0.3 is 0 Å². The van der Waals surface area contributed by atoms with Crippen molar-refractivity contribution in [1.82, 2.24) is 10.1 Å². The van der Waals surface area contributed by atoms with Crippen molar-refractivity contribution in [3.8, 4) is 0 Å². The van der Waals surface area contributed by atoms with Crippen LogP contribution >= 0.6 is 0 Å². The fourth-order valence-corrected chi connectivity index (χ4v) is 1.89. The molecule has 2 aliphatic carbocycles. The number of nitrogens with zero attached hydrogens (tertiary/aromatic N) is 2. The van der Waals surface area contributed by atoms with Gasteiger partial charge in [-0.2, -0.15) is 4.98 Å². The molecule has 0 radical (unpaired) electrons. The lowest BCUT2D eigenvalue weighted by molar-refractivity contribution is 0.181. The molecule has 0 saturated heterocycles. The highest BCUT2D eigenvalue weighted by Crippen LogP contribution is 2.38. The van der Waals surface area contributed by atoms with Crippen molar-refractivity contribution in [2.75, 3.05) is 0 Å².